The van der Waals surface area contributed by atoms with Crippen molar-refractivity contribution in [1.29, 1.82) is 0 Å². The van der Waals surface area contributed by atoms with Crippen LogP contribution in [0.4, 0.5) is 0 Å². The van der Waals surface area contributed by atoms with E-state index in [4.69, 9.17) is 18.5 Å². The number of hydrogen-bond donors (Lipinski definition) is 1. The number of ether oxygens (including phenoxy) is 2. The zero-order valence-electron chi connectivity index (χ0n) is 21.9. The summed E-state index contributed by atoms with van der Waals surface area (Å²) in [5.74, 6) is -0.875. The Morgan fingerprint density at radius 1 is 0.811 bits per heavy atom. The van der Waals surface area contributed by atoms with Gasteiger partial charge in [-0.2, -0.15) is 0 Å². The third-order valence-corrected chi connectivity index (χ3v) is 8.75. The second kappa shape index (κ2) is 12.0. The highest BCUT2D eigenvalue weighted by Gasteiger charge is 2.49. The Morgan fingerprint density at radius 2 is 1.22 bits per heavy atom. The first-order valence-corrected chi connectivity index (χ1v) is 14.5. The molecule has 0 radical (unpaired) electrons. The van der Waals surface area contributed by atoms with Gasteiger partial charge in [0.25, 0.3) is 0 Å². The average molecular weight is 525 g/mol. The lowest BCUT2D eigenvalue weighted by atomic mass is 9.80. The van der Waals surface area contributed by atoms with E-state index in [1.807, 2.05) is 91.0 Å². The van der Waals surface area contributed by atoms with Gasteiger partial charge >= 0.3 is 7.60 Å². The molecule has 0 bridgehead atoms. The Balaban J connectivity index is 1.67. The van der Waals surface area contributed by atoms with Crippen molar-refractivity contribution in [2.45, 2.75) is 70.0 Å². The molecule has 1 heterocycles. The van der Waals surface area contributed by atoms with Crippen molar-refractivity contribution in [2.75, 3.05) is 6.61 Å². The molecule has 0 amide bonds. The van der Waals surface area contributed by atoms with Crippen LogP contribution >= 0.6 is 7.60 Å². The smallest absolute Gasteiger partial charge is 0.359 e. The number of aliphatic hydroxyl groups excluding tert-OH is 1. The van der Waals surface area contributed by atoms with E-state index in [-0.39, 0.29) is 25.2 Å². The second-order valence-electron chi connectivity index (χ2n) is 9.87. The Hall–Kier alpha value is -2.31. The Kier molecular flexibility index (Phi) is 9.02. The third-order valence-electron chi connectivity index (χ3n) is 6.28. The number of aliphatic hydroxyl groups is 1. The molecule has 3 aromatic rings. The van der Waals surface area contributed by atoms with Crippen LogP contribution in [0.25, 0.3) is 0 Å². The van der Waals surface area contributed by atoms with Gasteiger partial charge in [-0.25, -0.2) is 0 Å². The van der Waals surface area contributed by atoms with Crippen molar-refractivity contribution in [3.63, 3.8) is 0 Å². The molecule has 0 unspecified atom stereocenters. The molecule has 7 heteroatoms. The van der Waals surface area contributed by atoms with Gasteiger partial charge in [-0.3, -0.25) is 4.57 Å². The Bertz CT molecular complexity index is 1040. The highest BCUT2D eigenvalue weighted by atomic mass is 31.2. The minimum atomic E-state index is -3.63. The third kappa shape index (κ3) is 6.23. The molecule has 0 spiro atoms. The molecule has 1 fully saturated rings. The summed E-state index contributed by atoms with van der Waals surface area (Å²) in [6.07, 6.45) is -2.09. The lowest BCUT2D eigenvalue weighted by Gasteiger charge is -2.37. The summed E-state index contributed by atoms with van der Waals surface area (Å²) in [4.78, 5) is 0. The molecule has 0 aliphatic carbocycles. The normalized spacial score (nSPS) is 20.6. The SMILES string of the molecule is CC(C)OP(=O)(OC(C)C)[C@H]1C[C@H](O)[C@@H](COC(c2ccccc2)(c2ccccc2)c2ccccc2)O1. The lowest BCUT2D eigenvalue weighted by Crippen LogP contribution is -2.38. The van der Waals surface area contributed by atoms with Gasteiger partial charge in [0, 0.05) is 6.42 Å². The zero-order valence-corrected chi connectivity index (χ0v) is 22.8. The number of benzene rings is 3. The maximum atomic E-state index is 13.7. The van der Waals surface area contributed by atoms with Gasteiger partial charge in [0.15, 0.2) is 5.85 Å². The minimum absolute atomic E-state index is 0.0692. The Morgan fingerprint density at radius 3 is 1.59 bits per heavy atom. The molecule has 1 aliphatic rings. The van der Waals surface area contributed by atoms with E-state index in [1.54, 1.807) is 27.7 Å². The van der Waals surface area contributed by atoms with Gasteiger partial charge in [0.2, 0.25) is 0 Å². The molecule has 3 aromatic carbocycles. The van der Waals surface area contributed by atoms with Crippen LogP contribution < -0.4 is 0 Å². The van der Waals surface area contributed by atoms with Crippen molar-refractivity contribution in [2.24, 2.45) is 0 Å². The summed E-state index contributed by atoms with van der Waals surface area (Å²) >= 11 is 0. The first-order chi connectivity index (χ1) is 17.7. The predicted octanol–water partition coefficient (Wildman–Crippen LogP) is 6.51. The maximum Gasteiger partial charge on any atom is 0.359 e. The molecule has 1 aliphatic heterocycles. The van der Waals surface area contributed by atoms with Crippen LogP contribution in [0.2, 0.25) is 0 Å². The number of hydrogen-bond acceptors (Lipinski definition) is 6. The first-order valence-electron chi connectivity index (χ1n) is 12.8. The van der Waals surface area contributed by atoms with E-state index < -0.39 is 31.2 Å². The van der Waals surface area contributed by atoms with Gasteiger partial charge in [-0.15, -0.1) is 0 Å². The predicted molar refractivity (Wildman–Crippen MR) is 144 cm³/mol. The van der Waals surface area contributed by atoms with Crippen LogP contribution in [0, 0.1) is 0 Å². The van der Waals surface area contributed by atoms with Crippen LogP contribution in [-0.2, 0) is 28.7 Å². The summed E-state index contributed by atoms with van der Waals surface area (Å²) in [5, 5.41) is 11.0. The molecule has 4 rings (SSSR count). The van der Waals surface area contributed by atoms with Crippen molar-refractivity contribution < 1.29 is 28.2 Å². The van der Waals surface area contributed by atoms with Gasteiger partial charge in [0.1, 0.15) is 11.7 Å². The highest BCUT2D eigenvalue weighted by Crippen LogP contribution is 2.59. The van der Waals surface area contributed by atoms with Crippen molar-refractivity contribution in [3.05, 3.63) is 108 Å². The topological polar surface area (TPSA) is 74.2 Å². The summed E-state index contributed by atoms with van der Waals surface area (Å²) in [6.45, 7) is 7.28. The van der Waals surface area contributed by atoms with Crippen molar-refractivity contribution >= 4 is 7.60 Å². The monoisotopic (exact) mass is 524 g/mol. The second-order valence-corrected chi connectivity index (χ2v) is 11.9. The molecule has 0 aromatic heterocycles. The van der Waals surface area contributed by atoms with E-state index in [2.05, 4.69) is 0 Å². The standard InChI is InChI=1S/C30H37O6P/c1-22(2)35-37(32,36-23(3)4)29-20-27(31)28(34-29)21-33-30(24-14-8-5-9-15-24,25-16-10-6-11-17-25)26-18-12-7-13-19-26/h5-19,22-23,27-29,31H,20-21H2,1-4H3/t27-,28+,29-/m0/s1. The fraction of sp³-hybridized carbons (Fsp3) is 0.400. The van der Waals surface area contributed by atoms with Gasteiger partial charge in [0.05, 0.1) is 24.9 Å². The van der Waals surface area contributed by atoms with Crippen LogP contribution in [0.3, 0.4) is 0 Å². The van der Waals surface area contributed by atoms with Crippen LogP contribution in [0.15, 0.2) is 91.0 Å². The first kappa shape index (κ1) is 27.7. The lowest BCUT2D eigenvalue weighted by molar-refractivity contribution is -0.0769. The van der Waals surface area contributed by atoms with Crippen molar-refractivity contribution in [3.8, 4) is 0 Å². The fourth-order valence-corrected chi connectivity index (χ4v) is 7.06. The van der Waals surface area contributed by atoms with Crippen LogP contribution in [0.5, 0.6) is 0 Å². The molecular weight excluding hydrogens is 487 g/mol. The molecular formula is C30H37O6P. The molecule has 6 nitrogen and oxygen atoms in total. The summed E-state index contributed by atoms with van der Waals surface area (Å²) in [6, 6.07) is 30.1. The summed E-state index contributed by atoms with van der Waals surface area (Å²) in [5.41, 5.74) is 1.91. The molecule has 198 valence electrons. The van der Waals surface area contributed by atoms with Gasteiger partial charge in [-0.1, -0.05) is 91.0 Å². The van der Waals surface area contributed by atoms with E-state index in [0.717, 1.165) is 16.7 Å². The van der Waals surface area contributed by atoms with Crippen molar-refractivity contribution in [1.82, 2.24) is 0 Å². The summed E-state index contributed by atoms with van der Waals surface area (Å²) < 4.78 is 38.1. The van der Waals surface area contributed by atoms with Crippen LogP contribution in [0.1, 0.15) is 50.8 Å². The van der Waals surface area contributed by atoms with E-state index in [9.17, 15) is 9.67 Å². The molecule has 37 heavy (non-hydrogen) atoms. The van der Waals surface area contributed by atoms with E-state index in [0.29, 0.717) is 0 Å². The zero-order chi connectivity index (χ0) is 26.5. The number of rotatable bonds is 11. The molecule has 0 saturated carbocycles. The van der Waals surface area contributed by atoms with Gasteiger partial charge in [-0.05, 0) is 44.4 Å². The largest absolute Gasteiger partial charge is 0.390 e. The Labute approximate surface area is 220 Å². The molecule has 1 saturated heterocycles. The van der Waals surface area contributed by atoms with E-state index in [1.165, 1.54) is 0 Å². The van der Waals surface area contributed by atoms with Crippen LogP contribution in [-0.4, -0.2) is 42.0 Å². The molecule has 3 atom stereocenters. The average Bonchev–Trinajstić information content (AvgIpc) is 3.27. The molecule has 1 N–H and O–H groups in total. The minimum Gasteiger partial charge on any atom is -0.390 e. The quantitative estimate of drug-likeness (QED) is 0.228. The highest BCUT2D eigenvalue weighted by molar-refractivity contribution is 7.54. The van der Waals surface area contributed by atoms with Gasteiger partial charge < -0.3 is 23.6 Å². The fourth-order valence-electron chi connectivity index (χ4n) is 4.78. The summed E-state index contributed by atoms with van der Waals surface area (Å²) in [7, 11) is -3.63. The maximum absolute atomic E-state index is 13.7. The van der Waals surface area contributed by atoms with E-state index >= 15 is 0 Å².